The van der Waals surface area contributed by atoms with Gasteiger partial charge in [0.1, 0.15) is 0 Å². The molecule has 1 aromatic rings. The molecular formula is C13H23BrN4. The van der Waals surface area contributed by atoms with Crippen molar-refractivity contribution in [2.75, 3.05) is 0 Å². The van der Waals surface area contributed by atoms with Crippen molar-refractivity contribution in [3.05, 3.63) is 16.4 Å². The predicted octanol–water partition coefficient (Wildman–Crippen LogP) is 3.14. The van der Waals surface area contributed by atoms with Crippen molar-refractivity contribution in [1.29, 1.82) is 0 Å². The van der Waals surface area contributed by atoms with Crippen molar-refractivity contribution in [2.45, 2.75) is 58.5 Å². The molecule has 0 aromatic carbocycles. The lowest BCUT2D eigenvalue weighted by Crippen LogP contribution is -2.41. The monoisotopic (exact) mass is 314 g/mol. The van der Waals surface area contributed by atoms with Gasteiger partial charge in [0, 0.05) is 6.54 Å². The summed E-state index contributed by atoms with van der Waals surface area (Å²) in [6, 6.07) is 0.182. The molecule has 0 saturated heterocycles. The van der Waals surface area contributed by atoms with Gasteiger partial charge in [0.15, 0.2) is 0 Å². The highest BCUT2D eigenvalue weighted by molar-refractivity contribution is 9.10. The Morgan fingerprint density at radius 1 is 1.50 bits per heavy atom. The topological polar surface area (TPSA) is 55.9 Å². The highest BCUT2D eigenvalue weighted by Crippen LogP contribution is 2.50. The molecule has 1 saturated carbocycles. The highest BCUT2D eigenvalue weighted by atomic mass is 79.9. The molecule has 0 radical (unpaired) electrons. The van der Waals surface area contributed by atoms with Gasteiger partial charge >= 0.3 is 0 Å². The Bertz CT molecular complexity index is 396. The van der Waals surface area contributed by atoms with Gasteiger partial charge in [0.25, 0.3) is 0 Å². The van der Waals surface area contributed by atoms with Gasteiger partial charge in [-0.2, -0.15) is 5.10 Å². The molecule has 1 heterocycles. The van der Waals surface area contributed by atoms with Gasteiger partial charge < -0.3 is 0 Å². The molecular weight excluding hydrogens is 292 g/mol. The molecule has 1 aromatic heterocycles. The van der Waals surface area contributed by atoms with E-state index in [0.29, 0.717) is 0 Å². The van der Waals surface area contributed by atoms with Crippen molar-refractivity contribution < 1.29 is 0 Å². The highest BCUT2D eigenvalue weighted by Gasteiger charge is 2.42. The van der Waals surface area contributed by atoms with Gasteiger partial charge in [-0.15, -0.1) is 0 Å². The number of nitrogens with zero attached hydrogens (tertiary/aromatic N) is 2. The second-order valence-corrected chi connectivity index (χ2v) is 6.07. The molecule has 0 amide bonds. The van der Waals surface area contributed by atoms with Crippen LogP contribution in [0.5, 0.6) is 0 Å². The van der Waals surface area contributed by atoms with E-state index in [0.717, 1.165) is 17.4 Å². The Morgan fingerprint density at radius 3 is 2.67 bits per heavy atom. The fourth-order valence-corrected chi connectivity index (χ4v) is 3.91. The summed E-state index contributed by atoms with van der Waals surface area (Å²) in [5.41, 5.74) is 4.54. The number of nitrogens with one attached hydrogen (secondary N) is 1. The summed E-state index contributed by atoms with van der Waals surface area (Å²) in [6.07, 6.45) is 8.15. The van der Waals surface area contributed by atoms with Gasteiger partial charge in [-0.1, -0.05) is 19.8 Å². The van der Waals surface area contributed by atoms with Crippen LogP contribution < -0.4 is 11.3 Å². The van der Waals surface area contributed by atoms with Crippen molar-refractivity contribution in [1.82, 2.24) is 15.2 Å². The number of aromatic nitrogens is 2. The van der Waals surface area contributed by atoms with Crippen LogP contribution >= 0.6 is 15.9 Å². The Morgan fingerprint density at radius 2 is 2.17 bits per heavy atom. The smallest absolute Gasteiger partial charge is 0.0714 e. The minimum absolute atomic E-state index is 0.182. The molecule has 1 aliphatic carbocycles. The van der Waals surface area contributed by atoms with E-state index >= 15 is 0 Å². The summed E-state index contributed by atoms with van der Waals surface area (Å²) >= 11 is 3.62. The zero-order chi connectivity index (χ0) is 13.2. The maximum absolute atomic E-state index is 5.89. The molecule has 5 heteroatoms. The van der Waals surface area contributed by atoms with Crippen LogP contribution in [0.1, 0.15) is 57.7 Å². The van der Waals surface area contributed by atoms with E-state index in [9.17, 15) is 0 Å². The standard InChI is InChI=1S/C13H23BrN4/c1-3-13(7-5-6-8-13)12(17-15)11-10(14)9-16-18(11)4-2/h9,12,17H,3-8,15H2,1-2H3. The lowest BCUT2D eigenvalue weighted by Gasteiger charge is -2.37. The number of hydrazine groups is 1. The van der Waals surface area contributed by atoms with E-state index in [1.165, 1.54) is 31.4 Å². The van der Waals surface area contributed by atoms with Crippen molar-refractivity contribution in [2.24, 2.45) is 11.3 Å². The van der Waals surface area contributed by atoms with Crippen LogP contribution in [0.3, 0.4) is 0 Å². The third-order valence-electron chi connectivity index (χ3n) is 4.49. The van der Waals surface area contributed by atoms with Crippen LogP contribution in [-0.2, 0) is 6.54 Å². The average molecular weight is 315 g/mol. The zero-order valence-electron chi connectivity index (χ0n) is 11.2. The molecule has 1 fully saturated rings. The summed E-state index contributed by atoms with van der Waals surface area (Å²) in [5, 5.41) is 4.41. The summed E-state index contributed by atoms with van der Waals surface area (Å²) in [7, 11) is 0. The number of hydrogen-bond acceptors (Lipinski definition) is 3. The van der Waals surface area contributed by atoms with E-state index in [4.69, 9.17) is 5.84 Å². The Labute approximate surface area is 117 Å². The van der Waals surface area contributed by atoms with Crippen LogP contribution in [0.2, 0.25) is 0 Å². The number of halogens is 1. The summed E-state index contributed by atoms with van der Waals surface area (Å²) in [6.45, 7) is 5.26. The molecule has 1 unspecified atom stereocenters. The van der Waals surface area contributed by atoms with Crippen LogP contribution in [0, 0.1) is 5.41 Å². The molecule has 1 atom stereocenters. The molecule has 0 spiro atoms. The van der Waals surface area contributed by atoms with Crippen LogP contribution in [0.15, 0.2) is 10.7 Å². The van der Waals surface area contributed by atoms with E-state index in [-0.39, 0.29) is 11.5 Å². The van der Waals surface area contributed by atoms with Gasteiger partial charge in [0.2, 0.25) is 0 Å². The number of hydrogen-bond donors (Lipinski definition) is 2. The zero-order valence-corrected chi connectivity index (χ0v) is 12.8. The number of nitrogens with two attached hydrogens (primary N) is 1. The summed E-state index contributed by atoms with van der Waals surface area (Å²) in [4.78, 5) is 0. The lowest BCUT2D eigenvalue weighted by atomic mass is 9.75. The molecule has 1 aliphatic rings. The third kappa shape index (κ3) is 2.24. The van der Waals surface area contributed by atoms with E-state index in [2.05, 4.69) is 40.3 Å². The van der Waals surface area contributed by atoms with Crippen molar-refractivity contribution in [3.8, 4) is 0 Å². The van der Waals surface area contributed by atoms with E-state index < -0.39 is 0 Å². The largest absolute Gasteiger partial charge is 0.271 e. The van der Waals surface area contributed by atoms with Gasteiger partial charge in [0.05, 0.1) is 22.4 Å². The van der Waals surface area contributed by atoms with Crippen LogP contribution in [0.25, 0.3) is 0 Å². The van der Waals surface area contributed by atoms with Crippen molar-refractivity contribution >= 4 is 15.9 Å². The average Bonchev–Trinajstić information content (AvgIpc) is 3.00. The first kappa shape index (κ1) is 14.0. The predicted molar refractivity (Wildman–Crippen MR) is 76.9 cm³/mol. The lowest BCUT2D eigenvalue weighted by molar-refractivity contribution is 0.178. The first-order chi connectivity index (χ1) is 8.68. The van der Waals surface area contributed by atoms with Gasteiger partial charge in [-0.25, -0.2) is 0 Å². The van der Waals surface area contributed by atoms with Gasteiger partial charge in [-0.3, -0.25) is 16.0 Å². The van der Waals surface area contributed by atoms with E-state index in [1.54, 1.807) is 0 Å². The molecule has 102 valence electrons. The van der Waals surface area contributed by atoms with Crippen molar-refractivity contribution in [3.63, 3.8) is 0 Å². The van der Waals surface area contributed by atoms with Crippen LogP contribution in [-0.4, -0.2) is 9.78 Å². The second kappa shape index (κ2) is 5.72. The first-order valence-electron chi connectivity index (χ1n) is 6.86. The van der Waals surface area contributed by atoms with Crippen LogP contribution in [0.4, 0.5) is 0 Å². The molecule has 2 rings (SSSR count). The SMILES string of the molecule is CCn1ncc(Br)c1C(NN)C1(CC)CCCC1. The maximum Gasteiger partial charge on any atom is 0.0714 e. The molecule has 3 N–H and O–H groups in total. The fourth-order valence-electron chi connectivity index (χ4n) is 3.38. The molecule has 0 aliphatic heterocycles. The molecule has 4 nitrogen and oxygen atoms in total. The molecule has 18 heavy (non-hydrogen) atoms. The minimum atomic E-state index is 0.182. The fraction of sp³-hybridized carbons (Fsp3) is 0.769. The quantitative estimate of drug-likeness (QED) is 0.648. The Hall–Kier alpha value is -0.390. The number of rotatable bonds is 5. The molecule has 0 bridgehead atoms. The van der Waals surface area contributed by atoms with E-state index in [1.807, 2.05) is 10.9 Å². The first-order valence-corrected chi connectivity index (χ1v) is 7.65. The normalized spacial score (nSPS) is 20.2. The number of aryl methyl sites for hydroxylation is 1. The Balaban J connectivity index is 2.40. The minimum Gasteiger partial charge on any atom is -0.271 e. The second-order valence-electron chi connectivity index (χ2n) is 5.22. The summed E-state index contributed by atoms with van der Waals surface area (Å²) < 4.78 is 3.11. The Kier molecular flexibility index (Phi) is 4.45. The third-order valence-corrected chi connectivity index (χ3v) is 5.10. The van der Waals surface area contributed by atoms with Gasteiger partial charge in [-0.05, 0) is 47.5 Å². The summed E-state index contributed by atoms with van der Waals surface area (Å²) in [5.74, 6) is 5.89. The maximum atomic E-state index is 5.89.